The van der Waals surface area contributed by atoms with Crippen molar-refractivity contribution < 1.29 is 4.79 Å². The van der Waals surface area contributed by atoms with Gasteiger partial charge in [0.1, 0.15) is 0 Å². The van der Waals surface area contributed by atoms with Gasteiger partial charge in [-0.1, -0.05) is 60.1 Å². The fourth-order valence-electron chi connectivity index (χ4n) is 3.77. The van der Waals surface area contributed by atoms with E-state index in [4.69, 9.17) is 11.6 Å². The van der Waals surface area contributed by atoms with E-state index in [0.29, 0.717) is 6.42 Å². The first-order chi connectivity index (χ1) is 14.7. The predicted octanol–water partition coefficient (Wildman–Crippen LogP) is 4.84. The highest BCUT2D eigenvalue weighted by molar-refractivity contribution is 6.31. The molecule has 0 saturated carbocycles. The number of anilines is 2. The van der Waals surface area contributed by atoms with Gasteiger partial charge in [-0.25, -0.2) is 0 Å². The van der Waals surface area contributed by atoms with E-state index in [9.17, 15) is 4.79 Å². The van der Waals surface area contributed by atoms with Gasteiger partial charge in [0.15, 0.2) is 0 Å². The Morgan fingerprint density at radius 1 is 0.833 bits per heavy atom. The Morgan fingerprint density at radius 3 is 2.20 bits per heavy atom. The average molecular weight is 420 g/mol. The zero-order valence-corrected chi connectivity index (χ0v) is 17.7. The Balaban J connectivity index is 1.27. The number of halogens is 1. The van der Waals surface area contributed by atoms with Gasteiger partial charge in [0, 0.05) is 49.1 Å². The molecule has 1 amide bonds. The summed E-state index contributed by atoms with van der Waals surface area (Å²) >= 11 is 6.30. The molecule has 1 N–H and O–H groups in total. The van der Waals surface area contributed by atoms with Crippen molar-refractivity contribution in [2.75, 3.05) is 36.4 Å². The molecule has 0 atom stereocenters. The highest BCUT2D eigenvalue weighted by Gasteiger charge is 2.18. The van der Waals surface area contributed by atoms with Crippen LogP contribution in [0.5, 0.6) is 0 Å². The summed E-state index contributed by atoms with van der Waals surface area (Å²) in [5, 5.41) is 3.82. The molecule has 1 saturated heterocycles. The van der Waals surface area contributed by atoms with E-state index >= 15 is 0 Å². The Morgan fingerprint density at radius 2 is 1.50 bits per heavy atom. The first kappa shape index (κ1) is 20.5. The van der Waals surface area contributed by atoms with Gasteiger partial charge < -0.3 is 10.2 Å². The van der Waals surface area contributed by atoms with Gasteiger partial charge in [-0.15, -0.1) is 0 Å². The Labute approximate surface area is 183 Å². The standard InChI is InChI=1S/C25H26ClN3O/c26-24-9-5-4-8-21(24)19-28-14-16-29(17-15-28)23-12-10-22(11-13-23)27-25(30)18-20-6-2-1-3-7-20/h1-13H,14-19H2,(H,27,30). The highest BCUT2D eigenvalue weighted by atomic mass is 35.5. The van der Waals surface area contributed by atoms with Crippen LogP contribution >= 0.6 is 11.6 Å². The number of benzene rings is 3. The van der Waals surface area contributed by atoms with Crippen molar-refractivity contribution in [2.24, 2.45) is 0 Å². The maximum atomic E-state index is 12.2. The summed E-state index contributed by atoms with van der Waals surface area (Å²) in [6.07, 6.45) is 0.385. The number of hydrogen-bond acceptors (Lipinski definition) is 3. The SMILES string of the molecule is O=C(Cc1ccccc1)Nc1ccc(N2CCN(Cc3ccccc3Cl)CC2)cc1. The summed E-state index contributed by atoms with van der Waals surface area (Å²) in [5.41, 5.74) is 4.22. The maximum absolute atomic E-state index is 12.2. The van der Waals surface area contributed by atoms with Gasteiger partial charge in [-0.2, -0.15) is 0 Å². The van der Waals surface area contributed by atoms with E-state index < -0.39 is 0 Å². The second kappa shape index (κ2) is 9.79. The van der Waals surface area contributed by atoms with Crippen molar-refractivity contribution in [3.8, 4) is 0 Å². The van der Waals surface area contributed by atoms with E-state index in [0.717, 1.165) is 49.0 Å². The molecule has 4 nitrogen and oxygen atoms in total. The van der Waals surface area contributed by atoms with Gasteiger partial charge in [-0.3, -0.25) is 9.69 Å². The number of nitrogens with zero attached hydrogens (tertiary/aromatic N) is 2. The molecule has 3 aromatic rings. The number of carbonyl (C=O) groups is 1. The summed E-state index contributed by atoms with van der Waals surface area (Å²) in [6, 6.07) is 26.0. The van der Waals surface area contributed by atoms with Crippen LogP contribution in [0.25, 0.3) is 0 Å². The molecule has 1 heterocycles. The van der Waals surface area contributed by atoms with E-state index in [1.165, 1.54) is 11.3 Å². The lowest BCUT2D eigenvalue weighted by molar-refractivity contribution is -0.115. The lowest BCUT2D eigenvalue weighted by Gasteiger charge is -2.36. The highest BCUT2D eigenvalue weighted by Crippen LogP contribution is 2.22. The van der Waals surface area contributed by atoms with Crippen LogP contribution in [-0.2, 0) is 17.8 Å². The summed E-state index contributed by atoms with van der Waals surface area (Å²) < 4.78 is 0. The lowest BCUT2D eigenvalue weighted by atomic mass is 10.1. The molecule has 0 unspecified atom stereocenters. The summed E-state index contributed by atoms with van der Waals surface area (Å²) in [6.45, 7) is 4.84. The van der Waals surface area contributed by atoms with E-state index in [1.807, 2.05) is 60.7 Å². The Kier molecular flexibility index (Phi) is 6.67. The minimum atomic E-state index is 0.00198. The molecule has 0 aromatic heterocycles. The molecule has 154 valence electrons. The largest absolute Gasteiger partial charge is 0.369 e. The van der Waals surface area contributed by atoms with Gasteiger partial charge in [-0.05, 0) is 41.5 Å². The third kappa shape index (κ3) is 5.41. The molecule has 1 fully saturated rings. The topological polar surface area (TPSA) is 35.6 Å². The second-order valence-corrected chi connectivity index (χ2v) is 8.02. The molecule has 0 spiro atoms. The van der Waals surface area contributed by atoms with Gasteiger partial charge in [0.25, 0.3) is 0 Å². The van der Waals surface area contributed by atoms with E-state index in [1.54, 1.807) is 0 Å². The van der Waals surface area contributed by atoms with Gasteiger partial charge >= 0.3 is 0 Å². The van der Waals surface area contributed by atoms with Crippen molar-refractivity contribution in [1.29, 1.82) is 0 Å². The lowest BCUT2D eigenvalue weighted by Crippen LogP contribution is -2.46. The van der Waals surface area contributed by atoms with Crippen LogP contribution in [0, 0.1) is 0 Å². The van der Waals surface area contributed by atoms with Crippen molar-refractivity contribution in [2.45, 2.75) is 13.0 Å². The van der Waals surface area contributed by atoms with E-state index in [2.05, 4.69) is 33.3 Å². The fourth-order valence-corrected chi connectivity index (χ4v) is 3.97. The second-order valence-electron chi connectivity index (χ2n) is 7.61. The smallest absolute Gasteiger partial charge is 0.228 e. The molecule has 0 radical (unpaired) electrons. The number of nitrogens with one attached hydrogen (secondary N) is 1. The number of rotatable bonds is 6. The summed E-state index contributed by atoms with van der Waals surface area (Å²) in [5.74, 6) is 0.00198. The summed E-state index contributed by atoms with van der Waals surface area (Å²) in [4.78, 5) is 17.1. The van der Waals surface area contributed by atoms with Crippen LogP contribution in [0.2, 0.25) is 5.02 Å². The van der Waals surface area contributed by atoms with Crippen molar-refractivity contribution in [3.63, 3.8) is 0 Å². The zero-order chi connectivity index (χ0) is 20.8. The molecular weight excluding hydrogens is 394 g/mol. The third-order valence-corrected chi connectivity index (χ3v) is 5.82. The van der Waals surface area contributed by atoms with Crippen LogP contribution in [-0.4, -0.2) is 37.0 Å². The quantitative estimate of drug-likeness (QED) is 0.620. The van der Waals surface area contributed by atoms with Crippen LogP contribution in [0.3, 0.4) is 0 Å². The molecular formula is C25H26ClN3O. The first-order valence-corrected chi connectivity index (χ1v) is 10.7. The molecule has 5 heteroatoms. The molecule has 30 heavy (non-hydrogen) atoms. The molecule has 1 aliphatic heterocycles. The Hall–Kier alpha value is -2.82. The Bertz CT molecular complexity index is 967. The molecule has 1 aliphatic rings. The molecule has 4 rings (SSSR count). The maximum Gasteiger partial charge on any atom is 0.228 e. The zero-order valence-electron chi connectivity index (χ0n) is 16.9. The number of piperazine rings is 1. The van der Waals surface area contributed by atoms with Crippen LogP contribution < -0.4 is 10.2 Å². The minimum Gasteiger partial charge on any atom is -0.369 e. The van der Waals surface area contributed by atoms with Crippen LogP contribution in [0.15, 0.2) is 78.9 Å². The fraction of sp³-hybridized carbons (Fsp3) is 0.240. The predicted molar refractivity (Wildman–Crippen MR) is 124 cm³/mol. The first-order valence-electron chi connectivity index (χ1n) is 10.3. The molecule has 3 aromatic carbocycles. The minimum absolute atomic E-state index is 0.00198. The molecule has 0 aliphatic carbocycles. The van der Waals surface area contributed by atoms with E-state index in [-0.39, 0.29) is 5.91 Å². The normalized spacial score (nSPS) is 14.5. The third-order valence-electron chi connectivity index (χ3n) is 5.45. The monoisotopic (exact) mass is 419 g/mol. The van der Waals surface area contributed by atoms with Crippen LogP contribution in [0.1, 0.15) is 11.1 Å². The number of carbonyl (C=O) groups excluding carboxylic acids is 1. The average Bonchev–Trinajstić information content (AvgIpc) is 2.77. The summed E-state index contributed by atoms with van der Waals surface area (Å²) in [7, 11) is 0. The van der Waals surface area contributed by atoms with Crippen molar-refractivity contribution in [1.82, 2.24) is 4.90 Å². The van der Waals surface area contributed by atoms with Crippen LogP contribution in [0.4, 0.5) is 11.4 Å². The van der Waals surface area contributed by atoms with Crippen molar-refractivity contribution >= 4 is 28.9 Å². The van der Waals surface area contributed by atoms with Gasteiger partial charge in [0.05, 0.1) is 6.42 Å². The van der Waals surface area contributed by atoms with Gasteiger partial charge in [0.2, 0.25) is 5.91 Å². The number of amides is 1. The molecule has 0 bridgehead atoms. The van der Waals surface area contributed by atoms with Crippen molar-refractivity contribution in [3.05, 3.63) is 95.0 Å². The number of hydrogen-bond donors (Lipinski definition) is 1.